The lowest BCUT2D eigenvalue weighted by Crippen LogP contribution is -1.86. The minimum atomic E-state index is 0.338. The summed E-state index contributed by atoms with van der Waals surface area (Å²) in [7, 11) is 0. The zero-order chi connectivity index (χ0) is 15.0. The van der Waals surface area contributed by atoms with Gasteiger partial charge in [0, 0.05) is 19.0 Å². The summed E-state index contributed by atoms with van der Waals surface area (Å²) in [4.78, 5) is 4.14. The van der Waals surface area contributed by atoms with Crippen molar-refractivity contribution in [3.05, 3.63) is 42.2 Å². The number of hydrogen-bond donors (Lipinski definition) is 1. The molecule has 0 aliphatic rings. The summed E-state index contributed by atoms with van der Waals surface area (Å²) in [5, 5.41) is 8.67. The Labute approximate surface area is 130 Å². The molecular formula is C19H31NO. The highest BCUT2D eigenvalue weighted by Crippen LogP contribution is 2.10. The van der Waals surface area contributed by atoms with Crippen LogP contribution in [0, 0.1) is 0 Å². The number of unbranched alkanes of at least 4 members (excludes halogenated alkanes) is 8. The Hall–Kier alpha value is -1.15. The fourth-order valence-corrected chi connectivity index (χ4v) is 2.45. The van der Waals surface area contributed by atoms with E-state index in [2.05, 4.69) is 23.2 Å². The van der Waals surface area contributed by atoms with Crippen LogP contribution in [0.3, 0.4) is 0 Å². The van der Waals surface area contributed by atoms with Gasteiger partial charge in [-0.1, -0.05) is 43.9 Å². The first-order valence-electron chi connectivity index (χ1n) is 8.58. The van der Waals surface area contributed by atoms with Crippen LogP contribution in [0.4, 0.5) is 0 Å². The molecule has 1 heterocycles. The zero-order valence-corrected chi connectivity index (χ0v) is 13.3. The first kappa shape index (κ1) is 17.9. The van der Waals surface area contributed by atoms with Gasteiger partial charge in [-0.25, -0.2) is 0 Å². The van der Waals surface area contributed by atoms with E-state index in [1.54, 1.807) is 0 Å². The summed E-state index contributed by atoms with van der Waals surface area (Å²) in [6.45, 7) is 0.338. The highest BCUT2D eigenvalue weighted by molar-refractivity contribution is 5.08. The topological polar surface area (TPSA) is 33.1 Å². The molecule has 0 amide bonds. The summed E-state index contributed by atoms with van der Waals surface area (Å²) in [6, 6.07) is 4.18. The predicted molar refractivity (Wildman–Crippen MR) is 90.3 cm³/mol. The summed E-state index contributed by atoms with van der Waals surface area (Å²) in [5.74, 6) is 0. The van der Waals surface area contributed by atoms with Crippen molar-refractivity contribution in [2.24, 2.45) is 0 Å². The SMILES string of the molecule is OCCCCC/C=C\CCCCCCCc1cccnc1. The predicted octanol–water partition coefficient (Wildman–Crippen LogP) is 5.07. The van der Waals surface area contributed by atoms with Crippen molar-refractivity contribution in [2.75, 3.05) is 6.61 Å². The second-order valence-electron chi connectivity index (χ2n) is 5.71. The number of aliphatic hydroxyl groups is 1. The quantitative estimate of drug-likeness (QED) is 0.406. The highest BCUT2D eigenvalue weighted by atomic mass is 16.2. The lowest BCUT2D eigenvalue weighted by Gasteiger charge is -2.01. The van der Waals surface area contributed by atoms with Gasteiger partial charge in [0.1, 0.15) is 0 Å². The van der Waals surface area contributed by atoms with Gasteiger partial charge in [-0.3, -0.25) is 4.98 Å². The molecule has 1 aromatic heterocycles. The number of allylic oxidation sites excluding steroid dienone is 2. The Morgan fingerprint density at radius 3 is 2.19 bits per heavy atom. The van der Waals surface area contributed by atoms with Gasteiger partial charge < -0.3 is 5.11 Å². The molecule has 21 heavy (non-hydrogen) atoms. The van der Waals surface area contributed by atoms with E-state index in [1.165, 1.54) is 63.4 Å². The Bertz CT molecular complexity index is 348. The van der Waals surface area contributed by atoms with Crippen LogP contribution >= 0.6 is 0 Å². The Morgan fingerprint density at radius 1 is 0.857 bits per heavy atom. The molecule has 0 aliphatic carbocycles. The molecule has 2 heteroatoms. The van der Waals surface area contributed by atoms with Gasteiger partial charge in [0.15, 0.2) is 0 Å². The van der Waals surface area contributed by atoms with Crippen molar-refractivity contribution in [3.8, 4) is 0 Å². The van der Waals surface area contributed by atoms with E-state index >= 15 is 0 Å². The molecule has 2 nitrogen and oxygen atoms in total. The van der Waals surface area contributed by atoms with Gasteiger partial charge in [-0.05, 0) is 56.6 Å². The lowest BCUT2D eigenvalue weighted by molar-refractivity contribution is 0.283. The van der Waals surface area contributed by atoms with Crippen LogP contribution in [0.2, 0.25) is 0 Å². The third kappa shape index (κ3) is 11.2. The molecule has 1 aromatic rings. The van der Waals surface area contributed by atoms with Gasteiger partial charge in [0.05, 0.1) is 0 Å². The monoisotopic (exact) mass is 289 g/mol. The van der Waals surface area contributed by atoms with E-state index in [4.69, 9.17) is 5.11 Å². The second-order valence-corrected chi connectivity index (χ2v) is 5.71. The fourth-order valence-electron chi connectivity index (χ4n) is 2.45. The number of pyridine rings is 1. The number of hydrogen-bond acceptors (Lipinski definition) is 2. The zero-order valence-electron chi connectivity index (χ0n) is 13.3. The van der Waals surface area contributed by atoms with Crippen molar-refractivity contribution in [2.45, 2.75) is 70.6 Å². The van der Waals surface area contributed by atoms with E-state index in [0.717, 1.165) is 12.8 Å². The molecule has 0 atom stereocenters. The normalized spacial score (nSPS) is 11.3. The minimum absolute atomic E-state index is 0.338. The van der Waals surface area contributed by atoms with E-state index in [9.17, 15) is 0 Å². The molecule has 0 saturated carbocycles. The second kappa shape index (κ2) is 13.8. The third-order valence-electron chi connectivity index (χ3n) is 3.75. The Morgan fingerprint density at radius 2 is 1.52 bits per heavy atom. The minimum Gasteiger partial charge on any atom is -0.396 e. The number of aliphatic hydroxyl groups excluding tert-OH is 1. The van der Waals surface area contributed by atoms with Crippen LogP contribution < -0.4 is 0 Å². The van der Waals surface area contributed by atoms with Crippen LogP contribution in [0.25, 0.3) is 0 Å². The van der Waals surface area contributed by atoms with Crippen LogP contribution in [0.15, 0.2) is 36.7 Å². The van der Waals surface area contributed by atoms with Crippen LogP contribution in [0.5, 0.6) is 0 Å². The molecule has 0 aromatic carbocycles. The summed E-state index contributed by atoms with van der Waals surface area (Å²) < 4.78 is 0. The summed E-state index contributed by atoms with van der Waals surface area (Å²) >= 11 is 0. The maximum atomic E-state index is 8.67. The average molecular weight is 289 g/mol. The first-order chi connectivity index (χ1) is 10.4. The van der Waals surface area contributed by atoms with E-state index < -0.39 is 0 Å². The molecule has 0 bridgehead atoms. The summed E-state index contributed by atoms with van der Waals surface area (Å²) in [6.07, 6.45) is 22.0. The maximum Gasteiger partial charge on any atom is 0.0431 e. The van der Waals surface area contributed by atoms with Crippen molar-refractivity contribution in [1.82, 2.24) is 4.98 Å². The van der Waals surface area contributed by atoms with Gasteiger partial charge >= 0.3 is 0 Å². The molecule has 1 N–H and O–H groups in total. The van der Waals surface area contributed by atoms with Gasteiger partial charge in [0.2, 0.25) is 0 Å². The molecule has 0 spiro atoms. The van der Waals surface area contributed by atoms with Crippen molar-refractivity contribution >= 4 is 0 Å². The van der Waals surface area contributed by atoms with Crippen molar-refractivity contribution in [1.29, 1.82) is 0 Å². The molecule has 0 radical (unpaired) electrons. The number of rotatable bonds is 13. The molecule has 0 saturated heterocycles. The Balaban J connectivity index is 1.81. The average Bonchev–Trinajstić information content (AvgIpc) is 2.53. The standard InChI is InChI=1S/C19H31NO/c21-17-12-10-8-6-4-2-1-3-5-7-9-11-14-19-15-13-16-20-18-19/h2,4,13,15-16,18,21H,1,3,5-12,14,17H2/b4-2-. The first-order valence-corrected chi connectivity index (χ1v) is 8.58. The smallest absolute Gasteiger partial charge is 0.0431 e. The van der Waals surface area contributed by atoms with E-state index in [1.807, 2.05) is 18.5 Å². The fraction of sp³-hybridized carbons (Fsp3) is 0.632. The van der Waals surface area contributed by atoms with Gasteiger partial charge in [-0.15, -0.1) is 0 Å². The molecule has 1 rings (SSSR count). The van der Waals surface area contributed by atoms with Crippen LogP contribution in [-0.4, -0.2) is 16.7 Å². The van der Waals surface area contributed by atoms with Crippen molar-refractivity contribution in [3.63, 3.8) is 0 Å². The molecule has 118 valence electrons. The lowest BCUT2D eigenvalue weighted by atomic mass is 10.1. The van der Waals surface area contributed by atoms with Crippen molar-refractivity contribution < 1.29 is 5.11 Å². The third-order valence-corrected chi connectivity index (χ3v) is 3.75. The molecule has 0 fully saturated rings. The highest BCUT2D eigenvalue weighted by Gasteiger charge is 1.93. The molecular weight excluding hydrogens is 258 g/mol. The number of aryl methyl sites for hydroxylation is 1. The Kier molecular flexibility index (Phi) is 11.8. The van der Waals surface area contributed by atoms with Crippen LogP contribution in [0.1, 0.15) is 69.8 Å². The molecule has 0 unspecified atom stereocenters. The van der Waals surface area contributed by atoms with E-state index in [0.29, 0.717) is 6.61 Å². The number of aromatic nitrogens is 1. The largest absolute Gasteiger partial charge is 0.396 e. The number of nitrogens with zero attached hydrogens (tertiary/aromatic N) is 1. The van der Waals surface area contributed by atoms with Crippen LogP contribution in [-0.2, 0) is 6.42 Å². The van der Waals surface area contributed by atoms with Gasteiger partial charge in [-0.2, -0.15) is 0 Å². The summed E-state index contributed by atoms with van der Waals surface area (Å²) in [5.41, 5.74) is 1.36. The maximum absolute atomic E-state index is 8.67. The van der Waals surface area contributed by atoms with E-state index in [-0.39, 0.29) is 0 Å². The molecule has 0 aliphatic heterocycles. The van der Waals surface area contributed by atoms with Gasteiger partial charge in [0.25, 0.3) is 0 Å².